The quantitative estimate of drug-likeness (QED) is 0.394. The van der Waals surface area contributed by atoms with Gasteiger partial charge in [0.05, 0.1) is 17.1 Å². The maximum absolute atomic E-state index is 13.0. The number of aromatic amines is 1. The summed E-state index contributed by atoms with van der Waals surface area (Å²) in [5.41, 5.74) is 4.96. The van der Waals surface area contributed by atoms with Crippen LogP contribution in [0, 0.1) is 0 Å². The van der Waals surface area contributed by atoms with Gasteiger partial charge >= 0.3 is 6.03 Å². The zero-order valence-electron chi connectivity index (χ0n) is 17.8. The molecule has 3 amide bonds. The highest BCUT2D eigenvalue weighted by Crippen LogP contribution is 2.26. The molecular weight excluding hydrogens is 422 g/mol. The highest BCUT2D eigenvalue weighted by atomic mass is 35.5. The number of nitrogens with zero attached hydrogens (tertiary/aromatic N) is 1. The Labute approximate surface area is 192 Å². The number of urea groups is 1. The number of aromatic nitrogens is 1. The number of fused-ring (bicyclic) bond motifs is 1. The van der Waals surface area contributed by atoms with E-state index in [1.54, 1.807) is 0 Å². The number of benzene rings is 3. The summed E-state index contributed by atoms with van der Waals surface area (Å²) < 4.78 is 0. The minimum atomic E-state index is -0.413. The summed E-state index contributed by atoms with van der Waals surface area (Å²) in [4.78, 5) is 29.8. The Bertz CT molecular complexity index is 1230. The molecule has 2 N–H and O–H groups in total. The van der Waals surface area contributed by atoms with Crippen LogP contribution in [0.25, 0.3) is 22.0 Å². The van der Waals surface area contributed by atoms with Gasteiger partial charge in [0.15, 0.2) is 0 Å². The lowest BCUT2D eigenvalue weighted by Gasteiger charge is -2.20. The van der Waals surface area contributed by atoms with Crippen molar-refractivity contribution in [1.82, 2.24) is 15.2 Å². The minimum Gasteiger partial charge on any atom is -0.360 e. The van der Waals surface area contributed by atoms with Gasteiger partial charge in [0.2, 0.25) is 5.91 Å². The van der Waals surface area contributed by atoms with Crippen LogP contribution in [0.15, 0.2) is 79.0 Å². The van der Waals surface area contributed by atoms with Gasteiger partial charge in [0.25, 0.3) is 0 Å². The molecule has 5 nitrogen and oxygen atoms in total. The molecule has 4 aromatic rings. The predicted molar refractivity (Wildman–Crippen MR) is 129 cm³/mol. The first-order valence-electron chi connectivity index (χ1n) is 10.5. The molecule has 0 bridgehead atoms. The monoisotopic (exact) mass is 445 g/mol. The van der Waals surface area contributed by atoms with E-state index in [0.29, 0.717) is 11.4 Å². The van der Waals surface area contributed by atoms with E-state index in [0.717, 1.165) is 33.2 Å². The number of halogens is 1. The number of imide groups is 1. The number of aryl methyl sites for hydroxylation is 1. The highest BCUT2D eigenvalue weighted by Gasteiger charge is 2.21. The number of amides is 3. The lowest BCUT2D eigenvalue weighted by molar-refractivity contribution is -0.128. The highest BCUT2D eigenvalue weighted by molar-refractivity contribution is 6.35. The first kappa shape index (κ1) is 21.7. The van der Waals surface area contributed by atoms with E-state index < -0.39 is 6.03 Å². The topological polar surface area (TPSA) is 65.2 Å². The molecule has 3 aromatic carbocycles. The van der Waals surface area contributed by atoms with Crippen molar-refractivity contribution in [2.45, 2.75) is 19.4 Å². The molecule has 1 heterocycles. The van der Waals surface area contributed by atoms with Crippen molar-refractivity contribution in [3.8, 4) is 11.1 Å². The van der Waals surface area contributed by atoms with Gasteiger partial charge in [-0.3, -0.25) is 9.69 Å². The van der Waals surface area contributed by atoms with Crippen molar-refractivity contribution < 1.29 is 9.59 Å². The molecule has 0 aliphatic heterocycles. The average Bonchev–Trinajstić information content (AvgIpc) is 3.26. The Morgan fingerprint density at radius 3 is 2.38 bits per heavy atom. The summed E-state index contributed by atoms with van der Waals surface area (Å²) in [6, 6.07) is 23.3. The lowest BCUT2D eigenvalue weighted by Crippen LogP contribution is -2.42. The van der Waals surface area contributed by atoms with Gasteiger partial charge in [-0.25, -0.2) is 4.79 Å². The van der Waals surface area contributed by atoms with Crippen molar-refractivity contribution in [3.05, 3.63) is 95.1 Å². The normalized spacial score (nSPS) is 10.8. The number of H-pyrrole nitrogens is 1. The Morgan fingerprint density at radius 1 is 0.938 bits per heavy atom. The van der Waals surface area contributed by atoms with Crippen LogP contribution in [0.2, 0.25) is 5.02 Å². The Balaban J connectivity index is 1.46. The largest absolute Gasteiger partial charge is 0.360 e. The van der Waals surface area contributed by atoms with Crippen LogP contribution in [0.3, 0.4) is 0 Å². The number of hydrogen-bond acceptors (Lipinski definition) is 2. The van der Waals surface area contributed by atoms with Gasteiger partial charge in [0.1, 0.15) is 0 Å². The smallest absolute Gasteiger partial charge is 0.324 e. The molecule has 0 saturated heterocycles. The Kier molecular flexibility index (Phi) is 6.57. The van der Waals surface area contributed by atoms with Crippen molar-refractivity contribution in [2.75, 3.05) is 7.05 Å². The van der Waals surface area contributed by atoms with Crippen LogP contribution in [-0.4, -0.2) is 28.9 Å². The number of nitrogens with one attached hydrogen (secondary N) is 2. The molecule has 0 fully saturated rings. The van der Waals surface area contributed by atoms with E-state index in [-0.39, 0.29) is 18.9 Å². The predicted octanol–water partition coefficient (Wildman–Crippen LogP) is 5.79. The zero-order valence-corrected chi connectivity index (χ0v) is 18.5. The average molecular weight is 446 g/mol. The van der Waals surface area contributed by atoms with Crippen LogP contribution in [0.5, 0.6) is 0 Å². The third-order valence-electron chi connectivity index (χ3n) is 5.52. The second kappa shape index (κ2) is 9.71. The molecule has 0 unspecified atom stereocenters. The maximum Gasteiger partial charge on any atom is 0.324 e. The van der Waals surface area contributed by atoms with Crippen LogP contribution < -0.4 is 5.32 Å². The fourth-order valence-corrected chi connectivity index (χ4v) is 4.01. The molecule has 0 radical (unpaired) electrons. The summed E-state index contributed by atoms with van der Waals surface area (Å²) in [5.74, 6) is -0.229. The summed E-state index contributed by atoms with van der Waals surface area (Å²) in [7, 11) is 1.53. The van der Waals surface area contributed by atoms with Gasteiger partial charge in [0, 0.05) is 25.1 Å². The van der Waals surface area contributed by atoms with Gasteiger partial charge in [-0.05, 0) is 34.7 Å². The number of carbonyl (C=O) groups is 2. The molecule has 1 aromatic heterocycles. The second-order valence-electron chi connectivity index (χ2n) is 7.57. The maximum atomic E-state index is 13.0. The van der Waals surface area contributed by atoms with Crippen LogP contribution in [0.4, 0.5) is 4.79 Å². The Morgan fingerprint density at radius 2 is 1.66 bits per heavy atom. The number of carbonyl (C=O) groups excluding carboxylic acids is 2. The number of rotatable bonds is 6. The van der Waals surface area contributed by atoms with E-state index in [1.807, 2.05) is 79.0 Å². The van der Waals surface area contributed by atoms with Crippen molar-refractivity contribution in [2.24, 2.45) is 0 Å². The van der Waals surface area contributed by atoms with Crippen LogP contribution in [0.1, 0.15) is 17.5 Å². The summed E-state index contributed by atoms with van der Waals surface area (Å²) in [6.45, 7) is 0.216. The third kappa shape index (κ3) is 4.68. The fraction of sp³-hybridized carbons (Fsp3) is 0.154. The molecule has 4 rings (SSSR count). The summed E-state index contributed by atoms with van der Waals surface area (Å²) in [5, 5.41) is 4.21. The van der Waals surface area contributed by atoms with Gasteiger partial charge in [-0.1, -0.05) is 78.3 Å². The lowest BCUT2D eigenvalue weighted by atomic mass is 10.0. The van der Waals surface area contributed by atoms with Crippen molar-refractivity contribution in [1.29, 1.82) is 0 Å². The number of para-hydroxylation sites is 1. The standard InChI is InChI=1S/C26H24ClN3O2/c1-28-26(32)30(17-18-10-12-20(13-11-18)19-6-3-2-4-7-19)24(31)15-14-21-16-29-25-22(21)8-5-9-23(25)27/h2-13,16,29H,14-15,17H2,1H3,(H,28,32). The molecule has 32 heavy (non-hydrogen) atoms. The van der Waals surface area contributed by atoms with Crippen LogP contribution >= 0.6 is 11.6 Å². The molecule has 0 aliphatic rings. The molecule has 0 atom stereocenters. The molecule has 6 heteroatoms. The van der Waals surface area contributed by atoms with E-state index in [2.05, 4.69) is 10.3 Å². The SMILES string of the molecule is CNC(=O)N(Cc1ccc(-c2ccccc2)cc1)C(=O)CCc1c[nH]c2c(Cl)cccc12. The van der Waals surface area contributed by atoms with Crippen molar-refractivity contribution in [3.63, 3.8) is 0 Å². The number of hydrogen-bond donors (Lipinski definition) is 2. The van der Waals surface area contributed by atoms with Crippen LogP contribution in [-0.2, 0) is 17.8 Å². The third-order valence-corrected chi connectivity index (χ3v) is 5.84. The molecule has 162 valence electrons. The van der Waals surface area contributed by atoms with E-state index in [4.69, 9.17) is 11.6 Å². The van der Waals surface area contributed by atoms with Crippen molar-refractivity contribution >= 4 is 34.4 Å². The van der Waals surface area contributed by atoms with E-state index in [1.165, 1.54) is 11.9 Å². The molecule has 0 spiro atoms. The zero-order chi connectivity index (χ0) is 22.5. The Hall–Kier alpha value is -3.57. The summed E-state index contributed by atoms with van der Waals surface area (Å²) >= 11 is 6.23. The second-order valence-corrected chi connectivity index (χ2v) is 7.98. The van der Waals surface area contributed by atoms with Gasteiger partial charge in [-0.2, -0.15) is 0 Å². The first-order valence-corrected chi connectivity index (χ1v) is 10.9. The molecule has 0 aliphatic carbocycles. The molecular formula is C26H24ClN3O2. The first-order chi connectivity index (χ1) is 15.6. The van der Waals surface area contributed by atoms with E-state index in [9.17, 15) is 9.59 Å². The fourth-order valence-electron chi connectivity index (χ4n) is 3.78. The molecule has 0 saturated carbocycles. The minimum absolute atomic E-state index is 0.216. The van der Waals surface area contributed by atoms with Gasteiger partial charge in [-0.15, -0.1) is 0 Å². The van der Waals surface area contributed by atoms with E-state index >= 15 is 0 Å². The van der Waals surface area contributed by atoms with Gasteiger partial charge < -0.3 is 10.3 Å². The summed E-state index contributed by atoms with van der Waals surface area (Å²) in [6.07, 6.45) is 2.60.